The summed E-state index contributed by atoms with van der Waals surface area (Å²) >= 11 is 0. The van der Waals surface area contributed by atoms with E-state index in [9.17, 15) is 9.59 Å². The molecule has 0 saturated carbocycles. The SMILES string of the molecule is O=C1NC(=O)[C@H]2[C@@H]1[C@@H]1C=C[C@H]2O1. The first kappa shape index (κ1) is 6.37. The maximum atomic E-state index is 11.2. The topological polar surface area (TPSA) is 55.4 Å². The number of carbonyl (C=O) groups is 2. The molecule has 0 aromatic heterocycles. The Hall–Kier alpha value is -1.16. The van der Waals surface area contributed by atoms with Gasteiger partial charge in [0.2, 0.25) is 11.8 Å². The lowest BCUT2D eigenvalue weighted by Crippen LogP contribution is -2.27. The first-order valence-electron chi connectivity index (χ1n) is 3.96. The van der Waals surface area contributed by atoms with E-state index in [0.29, 0.717) is 0 Å². The van der Waals surface area contributed by atoms with Gasteiger partial charge in [-0.25, -0.2) is 0 Å². The van der Waals surface area contributed by atoms with E-state index in [2.05, 4.69) is 5.32 Å². The van der Waals surface area contributed by atoms with E-state index in [1.807, 2.05) is 12.2 Å². The largest absolute Gasteiger partial charge is 0.365 e. The summed E-state index contributed by atoms with van der Waals surface area (Å²) in [4.78, 5) is 22.4. The molecule has 12 heavy (non-hydrogen) atoms. The standard InChI is InChI=1S/C8H7NO3/c10-7-5-3-1-2-4(12-3)6(5)8(11)9-7/h1-6H,(H,9,10,11)/t3-,4+,5-,6+. The van der Waals surface area contributed by atoms with Gasteiger partial charge in [-0.1, -0.05) is 12.2 Å². The summed E-state index contributed by atoms with van der Waals surface area (Å²) in [5, 5.41) is 2.32. The monoisotopic (exact) mass is 165 g/mol. The highest BCUT2D eigenvalue weighted by Crippen LogP contribution is 2.41. The first-order valence-corrected chi connectivity index (χ1v) is 3.96. The van der Waals surface area contributed by atoms with Gasteiger partial charge in [-0.05, 0) is 0 Å². The Labute approximate surface area is 68.6 Å². The van der Waals surface area contributed by atoms with Crippen molar-refractivity contribution >= 4 is 11.8 Å². The molecular weight excluding hydrogens is 158 g/mol. The number of ether oxygens (including phenoxy) is 1. The molecular formula is C8H7NO3. The zero-order chi connectivity index (χ0) is 8.29. The van der Waals surface area contributed by atoms with Gasteiger partial charge in [0.15, 0.2) is 0 Å². The molecule has 0 aromatic rings. The number of nitrogens with one attached hydrogen (secondary N) is 1. The van der Waals surface area contributed by atoms with Gasteiger partial charge in [0.25, 0.3) is 0 Å². The molecule has 3 rings (SSSR count). The number of carbonyl (C=O) groups excluding carboxylic acids is 2. The minimum absolute atomic E-state index is 0.161. The molecule has 0 radical (unpaired) electrons. The fraction of sp³-hybridized carbons (Fsp3) is 0.500. The van der Waals surface area contributed by atoms with Crippen molar-refractivity contribution in [2.75, 3.05) is 0 Å². The number of imide groups is 1. The molecule has 0 unspecified atom stereocenters. The third kappa shape index (κ3) is 0.536. The van der Waals surface area contributed by atoms with Gasteiger partial charge in [0, 0.05) is 0 Å². The van der Waals surface area contributed by atoms with Gasteiger partial charge >= 0.3 is 0 Å². The summed E-state index contributed by atoms with van der Waals surface area (Å²) < 4.78 is 5.39. The van der Waals surface area contributed by atoms with Crippen molar-refractivity contribution in [3.63, 3.8) is 0 Å². The van der Waals surface area contributed by atoms with Crippen LogP contribution in [-0.4, -0.2) is 24.0 Å². The van der Waals surface area contributed by atoms with Crippen LogP contribution < -0.4 is 5.32 Å². The Morgan fingerprint density at radius 2 is 1.58 bits per heavy atom. The highest BCUT2D eigenvalue weighted by molar-refractivity contribution is 6.06. The summed E-state index contributed by atoms with van der Waals surface area (Å²) in [6.45, 7) is 0. The van der Waals surface area contributed by atoms with E-state index in [0.717, 1.165) is 0 Å². The highest BCUT2D eigenvalue weighted by atomic mass is 16.5. The fourth-order valence-corrected chi connectivity index (χ4v) is 2.22. The summed E-state index contributed by atoms with van der Waals surface area (Å²) in [5.74, 6) is -0.872. The third-order valence-corrected chi connectivity index (χ3v) is 2.75. The summed E-state index contributed by atoms with van der Waals surface area (Å²) in [5.41, 5.74) is 0. The van der Waals surface area contributed by atoms with Gasteiger partial charge in [-0.3, -0.25) is 14.9 Å². The lowest BCUT2D eigenvalue weighted by molar-refractivity contribution is -0.128. The van der Waals surface area contributed by atoms with Crippen LogP contribution in [0.25, 0.3) is 0 Å². The smallest absolute Gasteiger partial charge is 0.233 e. The van der Waals surface area contributed by atoms with E-state index in [4.69, 9.17) is 4.74 Å². The van der Waals surface area contributed by atoms with E-state index in [1.165, 1.54) is 0 Å². The van der Waals surface area contributed by atoms with E-state index < -0.39 is 0 Å². The van der Waals surface area contributed by atoms with Crippen LogP contribution in [0.1, 0.15) is 0 Å². The molecule has 3 aliphatic heterocycles. The van der Waals surface area contributed by atoms with Crippen LogP contribution >= 0.6 is 0 Å². The summed E-state index contributed by atoms with van der Waals surface area (Å²) in [6, 6.07) is 0. The summed E-state index contributed by atoms with van der Waals surface area (Å²) in [7, 11) is 0. The molecule has 2 saturated heterocycles. The predicted molar refractivity (Wildman–Crippen MR) is 37.9 cm³/mol. The number of hydrogen-bond acceptors (Lipinski definition) is 3. The Balaban J connectivity index is 2.08. The molecule has 4 atom stereocenters. The molecule has 2 fully saturated rings. The second-order valence-electron chi connectivity index (χ2n) is 3.36. The van der Waals surface area contributed by atoms with Crippen molar-refractivity contribution in [3.05, 3.63) is 12.2 Å². The maximum Gasteiger partial charge on any atom is 0.233 e. The Morgan fingerprint density at radius 3 is 2.08 bits per heavy atom. The molecule has 4 nitrogen and oxygen atoms in total. The van der Waals surface area contributed by atoms with Gasteiger partial charge in [-0.2, -0.15) is 0 Å². The first-order chi connectivity index (χ1) is 5.77. The molecule has 62 valence electrons. The van der Waals surface area contributed by atoms with Gasteiger partial charge in [-0.15, -0.1) is 0 Å². The van der Waals surface area contributed by atoms with E-state index >= 15 is 0 Å². The number of rotatable bonds is 0. The average Bonchev–Trinajstić information content (AvgIpc) is 2.64. The highest BCUT2D eigenvalue weighted by Gasteiger charge is 2.57. The number of hydrogen-bond donors (Lipinski definition) is 1. The van der Waals surface area contributed by atoms with Crippen molar-refractivity contribution in [3.8, 4) is 0 Å². The molecule has 3 aliphatic rings. The second kappa shape index (κ2) is 1.77. The molecule has 0 aliphatic carbocycles. The van der Waals surface area contributed by atoms with Crippen LogP contribution in [0.4, 0.5) is 0 Å². The summed E-state index contributed by atoms with van der Waals surface area (Å²) in [6.07, 6.45) is 3.41. The molecule has 1 N–H and O–H groups in total. The molecule has 3 heterocycles. The van der Waals surface area contributed by atoms with Crippen molar-refractivity contribution in [1.82, 2.24) is 5.32 Å². The fourth-order valence-electron chi connectivity index (χ4n) is 2.22. The van der Waals surface area contributed by atoms with E-state index in [1.54, 1.807) is 0 Å². The maximum absolute atomic E-state index is 11.2. The minimum Gasteiger partial charge on any atom is -0.365 e. The zero-order valence-electron chi connectivity index (χ0n) is 6.19. The lowest BCUT2D eigenvalue weighted by atomic mass is 9.85. The van der Waals surface area contributed by atoms with Crippen LogP contribution in [-0.2, 0) is 14.3 Å². The third-order valence-electron chi connectivity index (χ3n) is 2.75. The van der Waals surface area contributed by atoms with Gasteiger partial charge in [0.1, 0.15) is 0 Å². The Morgan fingerprint density at radius 1 is 1.08 bits per heavy atom. The van der Waals surface area contributed by atoms with Gasteiger partial charge < -0.3 is 4.74 Å². The average molecular weight is 165 g/mol. The molecule has 0 aromatic carbocycles. The Bertz CT molecular complexity index is 281. The van der Waals surface area contributed by atoms with Crippen LogP contribution in [0.15, 0.2) is 12.2 Å². The van der Waals surface area contributed by atoms with Crippen LogP contribution in [0, 0.1) is 11.8 Å². The van der Waals surface area contributed by atoms with Crippen LogP contribution in [0.5, 0.6) is 0 Å². The van der Waals surface area contributed by atoms with Crippen LogP contribution in [0.3, 0.4) is 0 Å². The molecule has 4 heteroatoms. The predicted octanol–water partition coefficient (Wildman–Crippen LogP) is -0.788. The quantitative estimate of drug-likeness (QED) is 0.378. The Kier molecular flexibility index (Phi) is 0.939. The van der Waals surface area contributed by atoms with E-state index in [-0.39, 0.29) is 35.9 Å². The lowest BCUT2D eigenvalue weighted by Gasteiger charge is -2.10. The van der Waals surface area contributed by atoms with Crippen molar-refractivity contribution in [2.24, 2.45) is 11.8 Å². The molecule has 0 spiro atoms. The minimum atomic E-state index is -0.257. The zero-order valence-corrected chi connectivity index (χ0v) is 6.19. The molecule has 2 amide bonds. The van der Waals surface area contributed by atoms with Crippen LogP contribution in [0.2, 0.25) is 0 Å². The van der Waals surface area contributed by atoms with Crippen molar-refractivity contribution < 1.29 is 14.3 Å². The van der Waals surface area contributed by atoms with Gasteiger partial charge in [0.05, 0.1) is 24.0 Å². The molecule has 2 bridgehead atoms. The van der Waals surface area contributed by atoms with Crippen molar-refractivity contribution in [1.29, 1.82) is 0 Å². The second-order valence-corrected chi connectivity index (χ2v) is 3.36. The normalized spacial score (nSPS) is 48.3. The number of fused-ring (bicyclic) bond motifs is 5. The van der Waals surface area contributed by atoms with Crippen molar-refractivity contribution in [2.45, 2.75) is 12.2 Å². The number of amides is 2.